The summed E-state index contributed by atoms with van der Waals surface area (Å²) >= 11 is 0. The highest BCUT2D eigenvalue weighted by atomic mass is 15.0. The topological polar surface area (TPSA) is 12.0 Å². The van der Waals surface area contributed by atoms with Gasteiger partial charge in [-0.25, -0.2) is 0 Å². The van der Waals surface area contributed by atoms with Crippen LogP contribution < -0.4 is 5.32 Å². The van der Waals surface area contributed by atoms with Crippen molar-refractivity contribution in [2.75, 3.05) is 0 Å². The van der Waals surface area contributed by atoms with Crippen LogP contribution in [0.3, 0.4) is 0 Å². The summed E-state index contributed by atoms with van der Waals surface area (Å²) < 4.78 is 0. The third kappa shape index (κ3) is 2.71. The molecule has 1 aliphatic carbocycles. The zero-order chi connectivity index (χ0) is 13.2. The number of aryl methyl sites for hydroxylation is 2. The van der Waals surface area contributed by atoms with Crippen molar-refractivity contribution in [3.8, 4) is 0 Å². The highest BCUT2D eigenvalue weighted by Crippen LogP contribution is 2.40. The van der Waals surface area contributed by atoms with Crippen LogP contribution in [0.1, 0.15) is 34.6 Å². The molecule has 0 aromatic heterocycles. The fraction of sp³-hybridized carbons (Fsp3) is 0.333. The molecule has 98 valence electrons. The fourth-order valence-corrected chi connectivity index (χ4v) is 2.85. The first-order valence-corrected chi connectivity index (χ1v) is 7.09. The van der Waals surface area contributed by atoms with E-state index in [1.807, 2.05) is 0 Å². The van der Waals surface area contributed by atoms with Crippen molar-refractivity contribution >= 4 is 0 Å². The second-order valence-electron chi connectivity index (χ2n) is 5.61. The van der Waals surface area contributed by atoms with Crippen molar-refractivity contribution in [3.05, 3.63) is 70.8 Å². The lowest BCUT2D eigenvalue weighted by atomic mass is 10.0. The summed E-state index contributed by atoms with van der Waals surface area (Å²) in [5, 5.41) is 3.70. The molecule has 2 atom stereocenters. The molecule has 0 spiro atoms. The number of benzene rings is 2. The molecule has 1 heteroatoms. The van der Waals surface area contributed by atoms with Gasteiger partial charge in [-0.1, -0.05) is 48.5 Å². The van der Waals surface area contributed by atoms with Crippen LogP contribution in [-0.2, 0) is 6.54 Å². The van der Waals surface area contributed by atoms with E-state index >= 15 is 0 Å². The number of nitrogens with one attached hydrogen (secondary N) is 1. The predicted molar refractivity (Wildman–Crippen MR) is 80.3 cm³/mol. The second-order valence-corrected chi connectivity index (χ2v) is 5.61. The Hall–Kier alpha value is -1.60. The van der Waals surface area contributed by atoms with Gasteiger partial charge in [-0.05, 0) is 42.5 Å². The smallest absolute Gasteiger partial charge is 0.0213 e. The van der Waals surface area contributed by atoms with Gasteiger partial charge in [0.05, 0.1) is 0 Å². The van der Waals surface area contributed by atoms with Gasteiger partial charge < -0.3 is 5.32 Å². The molecule has 0 bridgehead atoms. The van der Waals surface area contributed by atoms with E-state index in [2.05, 4.69) is 67.7 Å². The Labute approximate surface area is 115 Å². The van der Waals surface area contributed by atoms with Gasteiger partial charge >= 0.3 is 0 Å². The predicted octanol–water partition coefficient (Wildman–Crippen LogP) is 3.95. The molecule has 3 rings (SSSR count). The Balaban J connectivity index is 1.60. The van der Waals surface area contributed by atoms with Crippen LogP contribution in [-0.4, -0.2) is 6.04 Å². The molecule has 2 unspecified atom stereocenters. The Morgan fingerprint density at radius 2 is 1.63 bits per heavy atom. The lowest BCUT2D eigenvalue weighted by Gasteiger charge is -2.11. The van der Waals surface area contributed by atoms with E-state index in [0.717, 1.165) is 6.54 Å². The van der Waals surface area contributed by atoms with Crippen molar-refractivity contribution < 1.29 is 0 Å². The minimum Gasteiger partial charge on any atom is -0.309 e. The normalized spacial score (nSPS) is 21.4. The van der Waals surface area contributed by atoms with E-state index in [-0.39, 0.29) is 0 Å². The van der Waals surface area contributed by atoms with Gasteiger partial charge in [-0.2, -0.15) is 0 Å². The monoisotopic (exact) mass is 251 g/mol. The van der Waals surface area contributed by atoms with E-state index in [9.17, 15) is 0 Å². The highest BCUT2D eigenvalue weighted by Gasteiger charge is 2.37. The maximum absolute atomic E-state index is 3.70. The van der Waals surface area contributed by atoms with Crippen LogP contribution >= 0.6 is 0 Å². The highest BCUT2D eigenvalue weighted by molar-refractivity contribution is 5.34. The molecular weight excluding hydrogens is 230 g/mol. The summed E-state index contributed by atoms with van der Waals surface area (Å²) in [4.78, 5) is 0. The van der Waals surface area contributed by atoms with Crippen molar-refractivity contribution in [1.29, 1.82) is 0 Å². The standard InChI is InChI=1S/C18H21N/c1-13-7-6-8-14(2)17(13)12-19-18-11-16(18)15-9-4-3-5-10-15/h3-10,16,18-19H,11-12H2,1-2H3. The van der Waals surface area contributed by atoms with E-state index in [1.54, 1.807) is 0 Å². The molecule has 1 fully saturated rings. The van der Waals surface area contributed by atoms with Crippen LogP contribution in [0.2, 0.25) is 0 Å². The van der Waals surface area contributed by atoms with E-state index < -0.39 is 0 Å². The molecule has 19 heavy (non-hydrogen) atoms. The SMILES string of the molecule is Cc1cccc(C)c1CNC1CC1c1ccccc1. The van der Waals surface area contributed by atoms with Gasteiger partial charge in [-0.15, -0.1) is 0 Å². The number of hydrogen-bond donors (Lipinski definition) is 1. The van der Waals surface area contributed by atoms with E-state index in [4.69, 9.17) is 0 Å². The first kappa shape index (κ1) is 12.4. The van der Waals surface area contributed by atoms with Gasteiger partial charge in [0.25, 0.3) is 0 Å². The minimum atomic E-state index is 0.654. The first-order chi connectivity index (χ1) is 9.25. The molecule has 2 aromatic carbocycles. The molecule has 1 saturated carbocycles. The summed E-state index contributed by atoms with van der Waals surface area (Å²) in [6, 6.07) is 18.0. The lowest BCUT2D eigenvalue weighted by molar-refractivity contribution is 0.668. The summed E-state index contributed by atoms with van der Waals surface area (Å²) in [5.74, 6) is 0.713. The van der Waals surface area contributed by atoms with Gasteiger partial charge in [0.2, 0.25) is 0 Å². The third-order valence-electron chi connectivity index (χ3n) is 4.20. The molecule has 1 nitrogen and oxygen atoms in total. The molecule has 1 N–H and O–H groups in total. The van der Waals surface area contributed by atoms with Gasteiger partial charge in [0.1, 0.15) is 0 Å². The van der Waals surface area contributed by atoms with Gasteiger partial charge in [-0.3, -0.25) is 0 Å². The van der Waals surface area contributed by atoms with Gasteiger partial charge in [0.15, 0.2) is 0 Å². The summed E-state index contributed by atoms with van der Waals surface area (Å²) in [5.41, 5.74) is 5.72. The molecule has 0 saturated heterocycles. The zero-order valence-corrected chi connectivity index (χ0v) is 11.7. The summed E-state index contributed by atoms with van der Waals surface area (Å²) in [7, 11) is 0. The summed E-state index contributed by atoms with van der Waals surface area (Å²) in [6.45, 7) is 5.39. The molecular formula is C18H21N. The Kier molecular flexibility index (Phi) is 3.39. The minimum absolute atomic E-state index is 0.654. The average Bonchev–Trinajstić information content (AvgIpc) is 3.19. The molecule has 1 aliphatic rings. The second kappa shape index (κ2) is 5.18. The maximum Gasteiger partial charge on any atom is 0.0213 e. The van der Waals surface area contributed by atoms with Crippen LogP contribution in [0.5, 0.6) is 0 Å². The lowest BCUT2D eigenvalue weighted by Crippen LogP contribution is -2.18. The summed E-state index contributed by atoms with van der Waals surface area (Å²) in [6.07, 6.45) is 1.27. The Bertz CT molecular complexity index is 539. The average molecular weight is 251 g/mol. The number of hydrogen-bond acceptors (Lipinski definition) is 1. The van der Waals surface area contributed by atoms with Crippen molar-refractivity contribution in [3.63, 3.8) is 0 Å². The van der Waals surface area contributed by atoms with E-state index in [1.165, 1.54) is 28.7 Å². The molecule has 0 heterocycles. The molecule has 0 amide bonds. The fourth-order valence-electron chi connectivity index (χ4n) is 2.85. The van der Waals surface area contributed by atoms with Crippen molar-refractivity contribution in [2.24, 2.45) is 0 Å². The third-order valence-corrected chi connectivity index (χ3v) is 4.20. The molecule has 2 aromatic rings. The van der Waals surface area contributed by atoms with Crippen LogP contribution in [0.4, 0.5) is 0 Å². The largest absolute Gasteiger partial charge is 0.309 e. The Morgan fingerprint density at radius 1 is 0.947 bits per heavy atom. The quantitative estimate of drug-likeness (QED) is 0.867. The van der Waals surface area contributed by atoms with Crippen LogP contribution in [0.25, 0.3) is 0 Å². The van der Waals surface area contributed by atoms with Gasteiger partial charge in [0, 0.05) is 18.5 Å². The maximum atomic E-state index is 3.70. The molecule has 0 aliphatic heterocycles. The first-order valence-electron chi connectivity index (χ1n) is 7.09. The molecule has 0 radical (unpaired) electrons. The van der Waals surface area contributed by atoms with Crippen LogP contribution in [0.15, 0.2) is 48.5 Å². The Morgan fingerprint density at radius 3 is 2.32 bits per heavy atom. The number of rotatable bonds is 4. The zero-order valence-electron chi connectivity index (χ0n) is 11.7. The van der Waals surface area contributed by atoms with E-state index in [0.29, 0.717) is 12.0 Å². The van der Waals surface area contributed by atoms with Crippen molar-refractivity contribution in [2.45, 2.75) is 38.8 Å². The van der Waals surface area contributed by atoms with Crippen molar-refractivity contribution in [1.82, 2.24) is 5.32 Å². The van der Waals surface area contributed by atoms with Crippen LogP contribution in [0, 0.1) is 13.8 Å².